The van der Waals surface area contributed by atoms with Crippen LogP contribution in [-0.4, -0.2) is 32.2 Å². The van der Waals surface area contributed by atoms with Gasteiger partial charge in [0.05, 0.1) is 19.2 Å². The second kappa shape index (κ2) is 10.4. The minimum atomic E-state index is 0.579. The van der Waals surface area contributed by atoms with E-state index in [1.165, 1.54) is 11.1 Å². The Morgan fingerprint density at radius 1 is 0.885 bits per heavy atom. The zero-order valence-electron chi connectivity index (χ0n) is 16.1. The van der Waals surface area contributed by atoms with Gasteiger partial charge in [0, 0.05) is 19.6 Å². The molecule has 0 aromatic heterocycles. The Morgan fingerprint density at radius 2 is 1.54 bits per heavy atom. The molecular weight excluding hydrogens is 348 g/mol. The zero-order valence-corrected chi connectivity index (χ0v) is 16.9. The Labute approximate surface area is 162 Å². The molecule has 1 N–H and O–H groups in total. The summed E-state index contributed by atoms with van der Waals surface area (Å²) in [7, 11) is 3.21. The van der Waals surface area contributed by atoms with Crippen LogP contribution in [0, 0.1) is 0 Å². The van der Waals surface area contributed by atoms with Crippen LogP contribution in [0.25, 0.3) is 0 Å². The smallest absolute Gasteiger partial charge is 0.179 e. The summed E-state index contributed by atoms with van der Waals surface area (Å²) >= 11 is 6.46. The van der Waals surface area contributed by atoms with E-state index >= 15 is 0 Å². The molecular formula is C21H29ClN2O2. The number of nitrogens with zero attached hydrogens (tertiary/aromatic N) is 1. The normalized spacial score (nSPS) is 11.0. The Bertz CT molecular complexity index is 702. The number of nitrogens with one attached hydrogen (secondary N) is 1. The highest BCUT2D eigenvalue weighted by atomic mass is 35.5. The largest absolute Gasteiger partial charge is 0.493 e. The number of rotatable bonds is 10. The van der Waals surface area contributed by atoms with Crippen molar-refractivity contribution in [3.05, 3.63) is 58.1 Å². The summed E-state index contributed by atoms with van der Waals surface area (Å²) in [6.45, 7) is 8.94. The Morgan fingerprint density at radius 3 is 2.15 bits per heavy atom. The molecule has 0 radical (unpaired) electrons. The molecule has 2 aromatic rings. The summed E-state index contributed by atoms with van der Waals surface area (Å²) in [5.41, 5.74) is 3.67. The summed E-state index contributed by atoms with van der Waals surface area (Å²) in [5.74, 6) is 1.22. The standard InChI is InChI=1S/C21H29ClN2O2/c1-5-24(6-2)15-18-10-8-7-9-16(18)13-23-14-17-11-12-19(25-3)21(26-4)20(17)22/h7-12,23H,5-6,13-15H2,1-4H3. The lowest BCUT2D eigenvalue weighted by atomic mass is 10.1. The average Bonchev–Trinajstić information content (AvgIpc) is 2.68. The molecule has 0 heterocycles. The van der Waals surface area contributed by atoms with Crippen LogP contribution >= 0.6 is 11.6 Å². The molecule has 4 nitrogen and oxygen atoms in total. The first-order chi connectivity index (χ1) is 12.6. The molecule has 0 saturated carbocycles. The third kappa shape index (κ3) is 5.13. The summed E-state index contributed by atoms with van der Waals surface area (Å²) in [6.07, 6.45) is 0. The molecule has 0 amide bonds. The van der Waals surface area contributed by atoms with Gasteiger partial charge in [-0.1, -0.05) is 55.8 Å². The molecule has 26 heavy (non-hydrogen) atoms. The zero-order chi connectivity index (χ0) is 18.9. The molecule has 5 heteroatoms. The van der Waals surface area contributed by atoms with Gasteiger partial charge >= 0.3 is 0 Å². The third-order valence-corrected chi connectivity index (χ3v) is 5.02. The predicted octanol–water partition coefficient (Wildman–Crippen LogP) is 4.49. The van der Waals surface area contributed by atoms with Crippen LogP contribution in [0.15, 0.2) is 36.4 Å². The van der Waals surface area contributed by atoms with Crippen molar-refractivity contribution in [3.8, 4) is 11.5 Å². The lowest BCUT2D eigenvalue weighted by Crippen LogP contribution is -2.23. The first-order valence-electron chi connectivity index (χ1n) is 9.03. The molecule has 0 aliphatic carbocycles. The minimum Gasteiger partial charge on any atom is -0.493 e. The number of benzene rings is 2. The van der Waals surface area contributed by atoms with E-state index in [1.807, 2.05) is 12.1 Å². The van der Waals surface area contributed by atoms with E-state index in [2.05, 4.69) is 48.3 Å². The van der Waals surface area contributed by atoms with Crippen LogP contribution in [-0.2, 0) is 19.6 Å². The minimum absolute atomic E-state index is 0.579. The van der Waals surface area contributed by atoms with E-state index in [9.17, 15) is 0 Å². The predicted molar refractivity (Wildman–Crippen MR) is 108 cm³/mol. The Hall–Kier alpha value is -1.75. The summed E-state index contributed by atoms with van der Waals surface area (Å²) < 4.78 is 10.7. The van der Waals surface area contributed by atoms with Gasteiger partial charge in [-0.25, -0.2) is 0 Å². The number of hydrogen-bond donors (Lipinski definition) is 1. The number of hydrogen-bond acceptors (Lipinski definition) is 4. The molecule has 142 valence electrons. The Balaban J connectivity index is 2.05. The maximum absolute atomic E-state index is 6.46. The molecule has 0 spiro atoms. The van der Waals surface area contributed by atoms with Crippen LogP contribution in [0.2, 0.25) is 5.02 Å². The van der Waals surface area contributed by atoms with Crippen molar-refractivity contribution < 1.29 is 9.47 Å². The molecule has 0 aliphatic heterocycles. The van der Waals surface area contributed by atoms with E-state index in [4.69, 9.17) is 21.1 Å². The van der Waals surface area contributed by atoms with Crippen LogP contribution < -0.4 is 14.8 Å². The molecule has 0 atom stereocenters. The molecule has 0 bridgehead atoms. The lowest BCUT2D eigenvalue weighted by molar-refractivity contribution is 0.294. The second-order valence-corrected chi connectivity index (χ2v) is 6.49. The van der Waals surface area contributed by atoms with Crippen LogP contribution in [0.5, 0.6) is 11.5 Å². The first kappa shape index (κ1) is 20.6. The fraction of sp³-hybridized carbons (Fsp3) is 0.429. The van der Waals surface area contributed by atoms with Crippen molar-refractivity contribution in [1.29, 1.82) is 0 Å². The number of methoxy groups -OCH3 is 2. The van der Waals surface area contributed by atoms with Gasteiger partial charge in [-0.2, -0.15) is 0 Å². The van der Waals surface area contributed by atoms with E-state index in [1.54, 1.807) is 14.2 Å². The van der Waals surface area contributed by atoms with E-state index in [-0.39, 0.29) is 0 Å². The quantitative estimate of drug-likeness (QED) is 0.662. The van der Waals surface area contributed by atoms with Crippen LogP contribution in [0.3, 0.4) is 0 Å². The van der Waals surface area contributed by atoms with E-state index < -0.39 is 0 Å². The van der Waals surface area contributed by atoms with Gasteiger partial charge in [-0.3, -0.25) is 4.90 Å². The highest BCUT2D eigenvalue weighted by molar-refractivity contribution is 6.33. The first-order valence-corrected chi connectivity index (χ1v) is 9.41. The maximum atomic E-state index is 6.46. The number of ether oxygens (including phenoxy) is 2. The molecule has 0 saturated heterocycles. The van der Waals surface area contributed by atoms with Gasteiger partial charge in [0.25, 0.3) is 0 Å². The highest BCUT2D eigenvalue weighted by Gasteiger charge is 2.13. The second-order valence-electron chi connectivity index (χ2n) is 6.11. The molecule has 2 aromatic carbocycles. The topological polar surface area (TPSA) is 33.7 Å². The Kier molecular flexibility index (Phi) is 8.23. The van der Waals surface area contributed by atoms with Crippen molar-refractivity contribution in [1.82, 2.24) is 10.2 Å². The van der Waals surface area contributed by atoms with Crippen LogP contribution in [0.1, 0.15) is 30.5 Å². The van der Waals surface area contributed by atoms with Crippen molar-refractivity contribution in [2.45, 2.75) is 33.5 Å². The maximum Gasteiger partial charge on any atom is 0.179 e. The van der Waals surface area contributed by atoms with Crippen LogP contribution in [0.4, 0.5) is 0 Å². The number of halogens is 1. The van der Waals surface area contributed by atoms with Crippen molar-refractivity contribution in [3.63, 3.8) is 0 Å². The highest BCUT2D eigenvalue weighted by Crippen LogP contribution is 2.37. The third-order valence-electron chi connectivity index (χ3n) is 4.60. The van der Waals surface area contributed by atoms with Crippen molar-refractivity contribution in [2.24, 2.45) is 0 Å². The van der Waals surface area contributed by atoms with Gasteiger partial charge in [-0.05, 0) is 35.8 Å². The SMILES string of the molecule is CCN(CC)Cc1ccccc1CNCc1ccc(OC)c(OC)c1Cl. The molecule has 2 rings (SSSR count). The van der Waals surface area contributed by atoms with Gasteiger partial charge in [0.2, 0.25) is 0 Å². The summed E-state index contributed by atoms with van der Waals surface area (Å²) in [5, 5.41) is 4.09. The average molecular weight is 377 g/mol. The monoisotopic (exact) mass is 376 g/mol. The lowest BCUT2D eigenvalue weighted by Gasteiger charge is -2.20. The molecule has 0 fully saturated rings. The van der Waals surface area contributed by atoms with Gasteiger partial charge in [0.15, 0.2) is 11.5 Å². The van der Waals surface area contributed by atoms with Gasteiger partial charge < -0.3 is 14.8 Å². The van der Waals surface area contributed by atoms with Crippen molar-refractivity contribution in [2.75, 3.05) is 27.3 Å². The summed E-state index contributed by atoms with van der Waals surface area (Å²) in [4.78, 5) is 2.42. The van der Waals surface area contributed by atoms with E-state index in [0.717, 1.165) is 31.7 Å². The fourth-order valence-corrected chi connectivity index (χ4v) is 3.27. The van der Waals surface area contributed by atoms with Gasteiger partial charge in [0.1, 0.15) is 0 Å². The van der Waals surface area contributed by atoms with Crippen molar-refractivity contribution >= 4 is 11.6 Å². The summed E-state index contributed by atoms with van der Waals surface area (Å²) in [6, 6.07) is 12.4. The van der Waals surface area contributed by atoms with Gasteiger partial charge in [-0.15, -0.1) is 0 Å². The molecule has 0 unspecified atom stereocenters. The fourth-order valence-electron chi connectivity index (χ4n) is 2.97. The molecule has 0 aliphatic rings. The van der Waals surface area contributed by atoms with E-state index in [0.29, 0.717) is 23.1 Å².